The van der Waals surface area contributed by atoms with Gasteiger partial charge in [0.05, 0.1) is 11.1 Å². The Morgan fingerprint density at radius 1 is 1.12 bits per heavy atom. The molecule has 0 aliphatic carbocycles. The molecular formula is C22H21F3N4O2S2. The van der Waals surface area contributed by atoms with Gasteiger partial charge < -0.3 is 15.1 Å². The highest BCUT2D eigenvalue weighted by molar-refractivity contribution is 7.21. The Morgan fingerprint density at radius 3 is 2.58 bits per heavy atom. The van der Waals surface area contributed by atoms with Gasteiger partial charge in [0.2, 0.25) is 0 Å². The van der Waals surface area contributed by atoms with Gasteiger partial charge in [0, 0.05) is 53.7 Å². The molecule has 2 saturated heterocycles. The highest BCUT2D eigenvalue weighted by Crippen LogP contribution is 2.43. The van der Waals surface area contributed by atoms with Gasteiger partial charge >= 0.3 is 6.18 Å². The van der Waals surface area contributed by atoms with E-state index in [2.05, 4.69) is 10.3 Å². The zero-order valence-electron chi connectivity index (χ0n) is 17.7. The molecule has 2 aromatic heterocycles. The Bertz CT molecular complexity index is 1200. The van der Waals surface area contributed by atoms with Gasteiger partial charge in [0.25, 0.3) is 11.8 Å². The standard InChI is InChI=1S/C22H21F3N4O2S2/c1-12-2-3-17-15(6-12)18(22(23,24)25)19(33-17)21(31)29-8-14(9-29)27-13-4-5-28(7-13)20(30)16-10-32-11-26-16/h2-3,6,10-11,13-14,27H,4-5,7-9H2,1H3. The van der Waals surface area contributed by atoms with Crippen LogP contribution in [0.15, 0.2) is 29.1 Å². The average molecular weight is 495 g/mol. The SMILES string of the molecule is Cc1ccc2sc(C(=O)N3CC(NC4CCN(C(=O)c5cscn5)C4)C3)c(C(F)(F)F)c2c1. The van der Waals surface area contributed by atoms with Crippen LogP contribution < -0.4 is 5.32 Å². The highest BCUT2D eigenvalue weighted by atomic mass is 32.1. The molecule has 2 aliphatic heterocycles. The maximum Gasteiger partial charge on any atom is 0.418 e. The fourth-order valence-corrected chi connectivity index (χ4v) is 6.13. The number of alkyl halides is 3. The topological polar surface area (TPSA) is 65.5 Å². The van der Waals surface area contributed by atoms with Crippen molar-refractivity contribution >= 4 is 44.6 Å². The van der Waals surface area contributed by atoms with Crippen LogP contribution in [0.3, 0.4) is 0 Å². The van der Waals surface area contributed by atoms with E-state index in [4.69, 9.17) is 0 Å². The summed E-state index contributed by atoms with van der Waals surface area (Å²) in [6, 6.07) is 4.97. The number of aromatic nitrogens is 1. The number of carbonyl (C=O) groups excluding carboxylic acids is 2. The zero-order valence-corrected chi connectivity index (χ0v) is 19.3. The maximum absolute atomic E-state index is 13.8. The van der Waals surface area contributed by atoms with Crippen LogP contribution in [0.1, 0.15) is 37.7 Å². The molecule has 0 radical (unpaired) electrons. The zero-order chi connectivity index (χ0) is 23.3. The summed E-state index contributed by atoms with van der Waals surface area (Å²) in [7, 11) is 0. The Kier molecular flexibility index (Phi) is 5.66. The predicted molar refractivity (Wildman–Crippen MR) is 121 cm³/mol. The second-order valence-corrected chi connectivity index (χ2v) is 10.3. The van der Waals surface area contributed by atoms with Gasteiger partial charge in [0.15, 0.2) is 0 Å². The van der Waals surface area contributed by atoms with Crippen LogP contribution >= 0.6 is 22.7 Å². The van der Waals surface area contributed by atoms with Crippen LogP contribution in [0, 0.1) is 6.92 Å². The molecule has 4 heterocycles. The van der Waals surface area contributed by atoms with Crippen molar-refractivity contribution in [3.63, 3.8) is 0 Å². The third-order valence-corrected chi connectivity index (χ3v) is 7.83. The molecule has 33 heavy (non-hydrogen) atoms. The van der Waals surface area contributed by atoms with Gasteiger partial charge in [-0.15, -0.1) is 22.7 Å². The van der Waals surface area contributed by atoms with Crippen LogP contribution in [0.5, 0.6) is 0 Å². The van der Waals surface area contributed by atoms with Crippen molar-refractivity contribution in [1.29, 1.82) is 0 Å². The van der Waals surface area contributed by atoms with Crippen LogP contribution in [-0.2, 0) is 6.18 Å². The molecule has 0 saturated carbocycles. The monoisotopic (exact) mass is 494 g/mol. The highest BCUT2D eigenvalue weighted by Gasteiger charge is 2.42. The summed E-state index contributed by atoms with van der Waals surface area (Å²) >= 11 is 2.28. The number of thiophene rings is 1. The number of carbonyl (C=O) groups is 2. The molecule has 0 spiro atoms. The number of nitrogens with one attached hydrogen (secondary N) is 1. The van der Waals surface area contributed by atoms with Crippen molar-refractivity contribution in [3.8, 4) is 0 Å². The lowest BCUT2D eigenvalue weighted by molar-refractivity contribution is -0.136. The number of aryl methyl sites for hydroxylation is 1. The number of halogens is 3. The predicted octanol–water partition coefficient (Wildman–Crippen LogP) is 4.01. The van der Waals surface area contributed by atoms with Gasteiger partial charge in [-0.1, -0.05) is 11.6 Å². The Balaban J connectivity index is 1.22. The number of hydrogen-bond donors (Lipinski definition) is 1. The van der Waals surface area contributed by atoms with Gasteiger partial charge in [-0.25, -0.2) is 4.98 Å². The molecule has 2 fully saturated rings. The van der Waals surface area contributed by atoms with Crippen molar-refractivity contribution < 1.29 is 22.8 Å². The summed E-state index contributed by atoms with van der Waals surface area (Å²) in [6.07, 6.45) is -3.81. The molecule has 0 bridgehead atoms. The Morgan fingerprint density at radius 2 is 1.88 bits per heavy atom. The van der Waals surface area contributed by atoms with Crippen LogP contribution in [0.4, 0.5) is 13.2 Å². The number of rotatable bonds is 4. The van der Waals surface area contributed by atoms with E-state index in [1.807, 2.05) is 0 Å². The lowest BCUT2D eigenvalue weighted by Gasteiger charge is -2.41. The quantitative estimate of drug-likeness (QED) is 0.595. The first kappa shape index (κ1) is 22.3. The van der Waals surface area contributed by atoms with Gasteiger partial charge in [0.1, 0.15) is 10.6 Å². The summed E-state index contributed by atoms with van der Waals surface area (Å²) in [4.78, 5) is 32.4. The van der Waals surface area contributed by atoms with E-state index in [9.17, 15) is 22.8 Å². The molecule has 1 atom stereocenters. The van der Waals surface area contributed by atoms with E-state index in [0.29, 0.717) is 36.6 Å². The number of amides is 2. The number of likely N-dealkylation sites (tertiary alicyclic amines) is 2. The molecule has 3 aromatic rings. The smallest absolute Gasteiger partial charge is 0.336 e. The number of thiazole rings is 1. The van der Waals surface area contributed by atoms with E-state index in [1.54, 1.807) is 34.8 Å². The van der Waals surface area contributed by atoms with E-state index < -0.39 is 17.6 Å². The number of benzene rings is 1. The maximum atomic E-state index is 13.8. The van der Waals surface area contributed by atoms with Crippen molar-refractivity contribution in [1.82, 2.24) is 20.1 Å². The van der Waals surface area contributed by atoms with Gasteiger partial charge in [-0.05, 0) is 25.5 Å². The van der Waals surface area contributed by atoms with E-state index in [-0.39, 0.29) is 28.3 Å². The summed E-state index contributed by atoms with van der Waals surface area (Å²) in [6.45, 7) is 3.60. The summed E-state index contributed by atoms with van der Waals surface area (Å²) in [5.41, 5.74) is 1.96. The molecule has 1 unspecified atom stereocenters. The summed E-state index contributed by atoms with van der Waals surface area (Å²) in [5, 5.41) is 5.25. The fourth-order valence-electron chi connectivity index (χ4n) is 4.43. The molecule has 2 amide bonds. The van der Waals surface area contributed by atoms with Crippen LogP contribution in [0.2, 0.25) is 0 Å². The Hall–Kier alpha value is -2.50. The third kappa shape index (κ3) is 4.24. The summed E-state index contributed by atoms with van der Waals surface area (Å²) in [5.74, 6) is -0.670. The molecule has 1 aromatic carbocycles. The van der Waals surface area contributed by atoms with Crippen LogP contribution in [-0.4, -0.2) is 64.9 Å². The van der Waals surface area contributed by atoms with Crippen LogP contribution in [0.25, 0.3) is 10.1 Å². The minimum atomic E-state index is -4.60. The second kappa shape index (κ2) is 8.37. The second-order valence-electron chi connectivity index (χ2n) is 8.49. The number of fused-ring (bicyclic) bond motifs is 1. The molecular weight excluding hydrogens is 473 g/mol. The molecule has 6 nitrogen and oxygen atoms in total. The molecule has 11 heteroatoms. The first-order chi connectivity index (χ1) is 15.7. The van der Waals surface area contributed by atoms with Gasteiger partial charge in [-0.3, -0.25) is 9.59 Å². The third-order valence-electron chi connectivity index (χ3n) is 6.09. The van der Waals surface area contributed by atoms with Crippen molar-refractivity contribution in [3.05, 3.63) is 50.8 Å². The van der Waals surface area contributed by atoms with E-state index >= 15 is 0 Å². The molecule has 5 rings (SSSR count). The largest absolute Gasteiger partial charge is 0.418 e. The molecule has 2 aliphatic rings. The van der Waals surface area contributed by atoms with Crippen molar-refractivity contribution in [2.45, 2.75) is 31.6 Å². The first-order valence-corrected chi connectivity index (χ1v) is 12.3. The van der Waals surface area contributed by atoms with Crippen molar-refractivity contribution in [2.75, 3.05) is 26.2 Å². The normalized spacial score (nSPS) is 19.3. The fraction of sp³-hybridized carbons (Fsp3) is 0.409. The minimum Gasteiger partial charge on any atom is -0.336 e. The molecule has 174 valence electrons. The van der Waals surface area contributed by atoms with E-state index in [1.165, 1.54) is 22.3 Å². The molecule has 1 N–H and O–H groups in total. The number of hydrogen-bond acceptors (Lipinski definition) is 6. The Labute approximate surface area is 196 Å². The van der Waals surface area contributed by atoms with Gasteiger partial charge in [-0.2, -0.15) is 13.2 Å². The van der Waals surface area contributed by atoms with Crippen molar-refractivity contribution in [2.24, 2.45) is 0 Å². The summed E-state index contributed by atoms with van der Waals surface area (Å²) < 4.78 is 41.9. The van der Waals surface area contributed by atoms with E-state index in [0.717, 1.165) is 23.3 Å². The lowest BCUT2D eigenvalue weighted by Crippen LogP contribution is -2.62. The lowest BCUT2D eigenvalue weighted by atomic mass is 10.0. The average Bonchev–Trinajstić information content (AvgIpc) is 3.47. The first-order valence-electron chi connectivity index (χ1n) is 10.5. The number of nitrogens with zero attached hydrogens (tertiary/aromatic N) is 3. The minimum absolute atomic E-state index is 0.000709.